The standard InChI is InChI=1S/C15H21F3N2/c1-3-8-19-14-12-7-5-4-6-11(12)9-13(14)20(2)10-15(16,17)18/h4-7,13-14,19H,3,8-10H2,1-2H3. The van der Waals surface area contributed by atoms with E-state index in [0.717, 1.165) is 24.1 Å². The highest BCUT2D eigenvalue weighted by Crippen LogP contribution is 2.35. The Bertz CT molecular complexity index is 445. The van der Waals surface area contributed by atoms with E-state index < -0.39 is 12.7 Å². The van der Waals surface area contributed by atoms with E-state index in [0.29, 0.717) is 6.42 Å². The fourth-order valence-electron chi connectivity index (χ4n) is 2.93. The van der Waals surface area contributed by atoms with Crippen molar-refractivity contribution in [2.24, 2.45) is 0 Å². The maximum absolute atomic E-state index is 12.6. The van der Waals surface area contributed by atoms with Crippen molar-refractivity contribution < 1.29 is 13.2 Å². The van der Waals surface area contributed by atoms with Crippen LogP contribution in [0.25, 0.3) is 0 Å². The maximum atomic E-state index is 12.6. The number of hydrogen-bond acceptors (Lipinski definition) is 2. The van der Waals surface area contributed by atoms with E-state index in [1.165, 1.54) is 4.90 Å². The van der Waals surface area contributed by atoms with E-state index in [1.807, 2.05) is 24.3 Å². The van der Waals surface area contributed by atoms with Gasteiger partial charge in [-0.05, 0) is 37.6 Å². The van der Waals surface area contributed by atoms with Crippen LogP contribution in [0.3, 0.4) is 0 Å². The van der Waals surface area contributed by atoms with Gasteiger partial charge in [-0.2, -0.15) is 13.2 Å². The summed E-state index contributed by atoms with van der Waals surface area (Å²) in [7, 11) is 1.56. The van der Waals surface area contributed by atoms with Crippen LogP contribution >= 0.6 is 0 Å². The van der Waals surface area contributed by atoms with E-state index in [-0.39, 0.29) is 12.1 Å². The normalized spacial score (nSPS) is 22.3. The van der Waals surface area contributed by atoms with Gasteiger partial charge in [0.1, 0.15) is 0 Å². The zero-order valence-electron chi connectivity index (χ0n) is 11.9. The molecular formula is C15H21F3N2. The molecule has 0 bridgehead atoms. The lowest BCUT2D eigenvalue weighted by Gasteiger charge is -2.31. The lowest BCUT2D eigenvalue weighted by molar-refractivity contribution is -0.148. The smallest absolute Gasteiger partial charge is 0.309 e. The van der Waals surface area contributed by atoms with Crippen molar-refractivity contribution in [3.05, 3.63) is 35.4 Å². The van der Waals surface area contributed by atoms with Crippen LogP contribution in [0.15, 0.2) is 24.3 Å². The highest BCUT2D eigenvalue weighted by molar-refractivity contribution is 5.37. The Morgan fingerprint density at radius 3 is 2.65 bits per heavy atom. The highest BCUT2D eigenvalue weighted by Gasteiger charge is 2.38. The molecular weight excluding hydrogens is 265 g/mol. The monoisotopic (exact) mass is 286 g/mol. The van der Waals surface area contributed by atoms with Crippen molar-refractivity contribution in [1.29, 1.82) is 0 Å². The molecule has 2 rings (SSSR count). The minimum absolute atomic E-state index is 0.0153. The quantitative estimate of drug-likeness (QED) is 0.894. The van der Waals surface area contributed by atoms with Gasteiger partial charge in [0.2, 0.25) is 0 Å². The lowest BCUT2D eigenvalue weighted by Crippen LogP contribution is -2.45. The van der Waals surface area contributed by atoms with Crippen molar-refractivity contribution in [2.45, 2.75) is 38.0 Å². The largest absolute Gasteiger partial charge is 0.401 e. The third-order valence-electron chi connectivity index (χ3n) is 3.81. The Hall–Kier alpha value is -1.07. The first-order valence-corrected chi connectivity index (χ1v) is 7.00. The first-order valence-electron chi connectivity index (χ1n) is 7.00. The Kier molecular flexibility index (Phi) is 4.70. The molecule has 0 amide bonds. The molecule has 1 N–H and O–H groups in total. The molecule has 1 aliphatic carbocycles. The fourth-order valence-corrected chi connectivity index (χ4v) is 2.93. The second kappa shape index (κ2) is 6.14. The second-order valence-corrected chi connectivity index (χ2v) is 5.43. The van der Waals surface area contributed by atoms with Crippen LogP contribution in [0.2, 0.25) is 0 Å². The topological polar surface area (TPSA) is 15.3 Å². The molecule has 1 aliphatic rings. The summed E-state index contributed by atoms with van der Waals surface area (Å²) >= 11 is 0. The molecule has 20 heavy (non-hydrogen) atoms. The second-order valence-electron chi connectivity index (χ2n) is 5.43. The van der Waals surface area contributed by atoms with Crippen molar-refractivity contribution in [1.82, 2.24) is 10.2 Å². The summed E-state index contributed by atoms with van der Waals surface area (Å²) in [5.41, 5.74) is 2.29. The van der Waals surface area contributed by atoms with Crippen LogP contribution in [-0.4, -0.2) is 37.3 Å². The summed E-state index contributed by atoms with van der Waals surface area (Å²) in [4.78, 5) is 1.42. The zero-order valence-corrected chi connectivity index (χ0v) is 11.9. The Morgan fingerprint density at radius 2 is 2.00 bits per heavy atom. The van der Waals surface area contributed by atoms with E-state index >= 15 is 0 Å². The molecule has 0 aliphatic heterocycles. The number of nitrogens with zero attached hydrogens (tertiary/aromatic N) is 1. The minimum Gasteiger partial charge on any atom is -0.309 e. The average Bonchev–Trinajstić information content (AvgIpc) is 2.73. The van der Waals surface area contributed by atoms with Crippen molar-refractivity contribution in [3.63, 3.8) is 0 Å². The van der Waals surface area contributed by atoms with Crippen LogP contribution in [0.1, 0.15) is 30.5 Å². The Balaban J connectivity index is 2.16. The van der Waals surface area contributed by atoms with E-state index in [4.69, 9.17) is 0 Å². The van der Waals surface area contributed by atoms with Crippen molar-refractivity contribution in [3.8, 4) is 0 Å². The predicted molar refractivity (Wildman–Crippen MR) is 73.7 cm³/mol. The molecule has 2 atom stereocenters. The molecule has 112 valence electrons. The predicted octanol–water partition coefficient (Wildman–Crippen LogP) is 3.15. The molecule has 1 aromatic rings. The molecule has 2 unspecified atom stereocenters. The van der Waals surface area contributed by atoms with Crippen LogP contribution in [0.5, 0.6) is 0 Å². The molecule has 0 radical (unpaired) electrons. The summed E-state index contributed by atoms with van der Waals surface area (Å²) in [6, 6.07) is 7.77. The van der Waals surface area contributed by atoms with E-state index in [1.54, 1.807) is 7.05 Å². The Morgan fingerprint density at radius 1 is 1.30 bits per heavy atom. The van der Waals surface area contributed by atoms with Crippen LogP contribution in [0.4, 0.5) is 13.2 Å². The fraction of sp³-hybridized carbons (Fsp3) is 0.600. The molecule has 0 fully saturated rings. The third kappa shape index (κ3) is 3.52. The van der Waals surface area contributed by atoms with Gasteiger partial charge in [0.05, 0.1) is 6.54 Å². The molecule has 2 nitrogen and oxygen atoms in total. The highest BCUT2D eigenvalue weighted by atomic mass is 19.4. The molecule has 0 saturated carbocycles. The number of nitrogens with one attached hydrogen (secondary N) is 1. The van der Waals surface area contributed by atoms with Gasteiger partial charge in [-0.1, -0.05) is 31.2 Å². The summed E-state index contributed by atoms with van der Waals surface area (Å²) in [6.45, 7) is 2.01. The summed E-state index contributed by atoms with van der Waals surface area (Å²) in [5, 5.41) is 3.40. The SMILES string of the molecule is CCCNC1c2ccccc2CC1N(C)CC(F)(F)F. The van der Waals surface area contributed by atoms with Crippen molar-refractivity contribution >= 4 is 0 Å². The summed E-state index contributed by atoms with van der Waals surface area (Å²) in [6.07, 6.45) is -2.52. The van der Waals surface area contributed by atoms with Gasteiger partial charge >= 0.3 is 6.18 Å². The van der Waals surface area contributed by atoms with Crippen LogP contribution in [0, 0.1) is 0 Å². The molecule has 5 heteroatoms. The number of rotatable bonds is 5. The molecule has 0 saturated heterocycles. The molecule has 1 aromatic carbocycles. The number of alkyl halides is 3. The van der Waals surface area contributed by atoms with Gasteiger partial charge in [-0.25, -0.2) is 0 Å². The number of fused-ring (bicyclic) bond motifs is 1. The van der Waals surface area contributed by atoms with E-state index in [9.17, 15) is 13.2 Å². The van der Waals surface area contributed by atoms with Gasteiger partial charge in [-0.15, -0.1) is 0 Å². The number of hydrogen-bond donors (Lipinski definition) is 1. The zero-order chi connectivity index (χ0) is 14.8. The molecule has 0 aromatic heterocycles. The van der Waals surface area contributed by atoms with Crippen LogP contribution < -0.4 is 5.32 Å². The van der Waals surface area contributed by atoms with E-state index in [2.05, 4.69) is 12.2 Å². The van der Waals surface area contributed by atoms with Crippen LogP contribution in [-0.2, 0) is 6.42 Å². The first kappa shape index (κ1) is 15.3. The minimum atomic E-state index is -4.15. The Labute approximate surface area is 118 Å². The van der Waals surface area contributed by atoms with Gasteiger partial charge in [0, 0.05) is 12.1 Å². The number of likely N-dealkylation sites (N-methyl/N-ethyl adjacent to an activating group) is 1. The molecule has 0 heterocycles. The summed E-state index contributed by atoms with van der Waals surface area (Å²) < 4.78 is 37.8. The third-order valence-corrected chi connectivity index (χ3v) is 3.81. The van der Waals surface area contributed by atoms with Gasteiger partial charge in [0.25, 0.3) is 0 Å². The first-order chi connectivity index (χ1) is 9.42. The maximum Gasteiger partial charge on any atom is 0.401 e. The number of benzene rings is 1. The van der Waals surface area contributed by atoms with Gasteiger partial charge < -0.3 is 5.32 Å². The molecule has 0 spiro atoms. The van der Waals surface area contributed by atoms with Crippen molar-refractivity contribution in [2.75, 3.05) is 20.1 Å². The lowest BCUT2D eigenvalue weighted by atomic mass is 10.1. The average molecular weight is 286 g/mol. The summed E-state index contributed by atoms with van der Waals surface area (Å²) in [5.74, 6) is 0. The van der Waals surface area contributed by atoms with Gasteiger partial charge in [-0.3, -0.25) is 4.90 Å². The number of halogens is 3. The van der Waals surface area contributed by atoms with Gasteiger partial charge in [0.15, 0.2) is 0 Å².